The normalized spacial score (nSPS) is 10.4. The third kappa shape index (κ3) is 4.46. The second kappa shape index (κ2) is 7.20. The number of carbonyl (C=O) groups excluding carboxylic acids is 2. The molecule has 0 bridgehead atoms. The van der Waals surface area contributed by atoms with Gasteiger partial charge in [-0.2, -0.15) is 0 Å². The fourth-order valence-electron chi connectivity index (χ4n) is 1.55. The van der Waals surface area contributed by atoms with Crippen molar-refractivity contribution in [2.24, 2.45) is 0 Å². The molecule has 0 aliphatic carbocycles. The van der Waals surface area contributed by atoms with Crippen molar-refractivity contribution in [2.75, 3.05) is 13.7 Å². The lowest BCUT2D eigenvalue weighted by molar-refractivity contribution is -0.118. The third-order valence-electron chi connectivity index (χ3n) is 2.49. The summed E-state index contributed by atoms with van der Waals surface area (Å²) in [6.07, 6.45) is 4.93. The van der Waals surface area contributed by atoms with Crippen LogP contribution in [-0.2, 0) is 4.79 Å². The van der Waals surface area contributed by atoms with Crippen molar-refractivity contribution in [3.63, 3.8) is 0 Å². The Kier molecular flexibility index (Phi) is 5.60. The molecule has 5 nitrogen and oxygen atoms in total. The van der Waals surface area contributed by atoms with Crippen LogP contribution in [0.2, 0.25) is 0 Å². The molecule has 1 rings (SSSR count). The van der Waals surface area contributed by atoms with Crippen LogP contribution >= 0.6 is 0 Å². The minimum absolute atomic E-state index is 0.0694. The van der Waals surface area contributed by atoms with Crippen LogP contribution in [0.25, 0.3) is 6.08 Å². The van der Waals surface area contributed by atoms with Crippen molar-refractivity contribution in [1.82, 2.24) is 5.32 Å². The average molecular weight is 263 g/mol. The third-order valence-corrected chi connectivity index (χ3v) is 2.49. The molecule has 0 heterocycles. The Bertz CT molecular complexity index is 494. The van der Waals surface area contributed by atoms with Crippen LogP contribution in [-0.4, -0.2) is 31.0 Å². The van der Waals surface area contributed by atoms with E-state index in [0.29, 0.717) is 36.1 Å². The number of benzene rings is 1. The summed E-state index contributed by atoms with van der Waals surface area (Å²) in [5.41, 5.74) is 1.04. The maximum atomic E-state index is 10.9. The number of hydrogen-bond donors (Lipinski definition) is 2. The van der Waals surface area contributed by atoms with E-state index in [1.54, 1.807) is 12.1 Å². The van der Waals surface area contributed by atoms with Crippen LogP contribution in [0.3, 0.4) is 0 Å². The standard InChI is InChI=1S/C14H17NO4/c1-10(17)15-6-4-3-5-11-8-14(19-2)13(18)7-12(11)9-16/h3,5,7-9,18H,4,6H2,1-2H3,(H,15,17). The van der Waals surface area contributed by atoms with E-state index >= 15 is 0 Å². The lowest BCUT2D eigenvalue weighted by Crippen LogP contribution is -2.20. The van der Waals surface area contributed by atoms with Gasteiger partial charge in [0.2, 0.25) is 5.91 Å². The number of amides is 1. The number of phenolic OH excluding ortho intramolecular Hbond substituents is 1. The predicted molar refractivity (Wildman–Crippen MR) is 72.4 cm³/mol. The highest BCUT2D eigenvalue weighted by Gasteiger charge is 2.07. The number of aromatic hydroxyl groups is 1. The zero-order valence-electron chi connectivity index (χ0n) is 11.0. The van der Waals surface area contributed by atoms with Crippen LogP contribution in [0, 0.1) is 0 Å². The Labute approximate surface area is 111 Å². The molecule has 19 heavy (non-hydrogen) atoms. The Balaban J connectivity index is 2.78. The van der Waals surface area contributed by atoms with Gasteiger partial charge in [-0.15, -0.1) is 0 Å². The Morgan fingerprint density at radius 2 is 2.16 bits per heavy atom. The zero-order chi connectivity index (χ0) is 14.3. The molecule has 5 heteroatoms. The largest absolute Gasteiger partial charge is 0.504 e. The second-order valence-corrected chi connectivity index (χ2v) is 3.94. The monoisotopic (exact) mass is 263 g/mol. The van der Waals surface area contributed by atoms with Crippen LogP contribution in [0.4, 0.5) is 0 Å². The molecule has 0 saturated heterocycles. The number of hydrogen-bond acceptors (Lipinski definition) is 4. The first-order valence-corrected chi connectivity index (χ1v) is 5.85. The van der Waals surface area contributed by atoms with E-state index in [1.807, 2.05) is 6.08 Å². The molecule has 0 aromatic heterocycles. The van der Waals surface area contributed by atoms with E-state index in [0.717, 1.165) is 0 Å². The van der Waals surface area contributed by atoms with E-state index in [4.69, 9.17) is 4.74 Å². The number of aldehydes is 1. The number of ether oxygens (including phenoxy) is 1. The number of phenols is 1. The van der Waals surface area contributed by atoms with Crippen molar-refractivity contribution in [2.45, 2.75) is 13.3 Å². The van der Waals surface area contributed by atoms with Gasteiger partial charge in [-0.05, 0) is 24.1 Å². The maximum absolute atomic E-state index is 10.9. The summed E-state index contributed by atoms with van der Waals surface area (Å²) in [4.78, 5) is 21.6. The van der Waals surface area contributed by atoms with Gasteiger partial charge in [0, 0.05) is 19.0 Å². The summed E-state index contributed by atoms with van der Waals surface area (Å²) < 4.78 is 4.99. The van der Waals surface area contributed by atoms with Crippen LogP contribution in [0.1, 0.15) is 29.3 Å². The number of methoxy groups -OCH3 is 1. The maximum Gasteiger partial charge on any atom is 0.216 e. The number of carbonyl (C=O) groups is 2. The van der Waals surface area contributed by atoms with E-state index in [2.05, 4.69) is 5.32 Å². The van der Waals surface area contributed by atoms with Gasteiger partial charge in [-0.25, -0.2) is 0 Å². The molecule has 0 aliphatic rings. The molecule has 0 unspecified atom stereocenters. The molecule has 1 amide bonds. The van der Waals surface area contributed by atoms with Crippen molar-refractivity contribution >= 4 is 18.3 Å². The molecule has 0 saturated carbocycles. The number of rotatable bonds is 6. The molecule has 0 atom stereocenters. The molecule has 0 radical (unpaired) electrons. The van der Waals surface area contributed by atoms with Gasteiger partial charge in [-0.1, -0.05) is 12.2 Å². The van der Waals surface area contributed by atoms with Gasteiger partial charge in [0.25, 0.3) is 0 Å². The molecule has 102 valence electrons. The molecule has 0 fully saturated rings. The zero-order valence-corrected chi connectivity index (χ0v) is 11.0. The second-order valence-electron chi connectivity index (χ2n) is 3.94. The van der Waals surface area contributed by atoms with Crippen LogP contribution in [0.15, 0.2) is 18.2 Å². The summed E-state index contributed by atoms with van der Waals surface area (Å²) in [7, 11) is 1.44. The van der Waals surface area contributed by atoms with Crippen molar-refractivity contribution < 1.29 is 19.4 Å². The fourth-order valence-corrected chi connectivity index (χ4v) is 1.55. The Morgan fingerprint density at radius 3 is 2.74 bits per heavy atom. The first kappa shape index (κ1) is 14.8. The van der Waals surface area contributed by atoms with Crippen LogP contribution < -0.4 is 10.1 Å². The number of nitrogens with one attached hydrogen (secondary N) is 1. The first-order valence-electron chi connectivity index (χ1n) is 5.85. The van der Waals surface area contributed by atoms with Crippen molar-refractivity contribution in [1.29, 1.82) is 0 Å². The van der Waals surface area contributed by atoms with Crippen LogP contribution in [0.5, 0.6) is 11.5 Å². The molecular weight excluding hydrogens is 246 g/mol. The molecule has 0 aliphatic heterocycles. The quantitative estimate of drug-likeness (QED) is 0.605. The van der Waals surface area contributed by atoms with Gasteiger partial charge in [-0.3, -0.25) is 9.59 Å². The highest BCUT2D eigenvalue weighted by atomic mass is 16.5. The van der Waals surface area contributed by atoms with Gasteiger partial charge in [0.15, 0.2) is 17.8 Å². The summed E-state index contributed by atoms with van der Waals surface area (Å²) in [6.45, 7) is 2.00. The van der Waals surface area contributed by atoms with E-state index < -0.39 is 0 Å². The van der Waals surface area contributed by atoms with Gasteiger partial charge in [0.1, 0.15) is 0 Å². The topological polar surface area (TPSA) is 75.6 Å². The lowest BCUT2D eigenvalue weighted by Gasteiger charge is -2.06. The molecular formula is C14H17NO4. The van der Waals surface area contributed by atoms with Gasteiger partial charge in [0.05, 0.1) is 7.11 Å². The van der Waals surface area contributed by atoms with E-state index in [1.165, 1.54) is 20.1 Å². The van der Waals surface area contributed by atoms with Gasteiger partial charge < -0.3 is 15.2 Å². The average Bonchev–Trinajstić information content (AvgIpc) is 2.38. The van der Waals surface area contributed by atoms with Gasteiger partial charge >= 0.3 is 0 Å². The fraction of sp³-hybridized carbons (Fsp3) is 0.286. The molecule has 0 spiro atoms. The summed E-state index contributed by atoms with van der Waals surface area (Å²) in [6, 6.07) is 2.95. The van der Waals surface area contributed by atoms with Crippen molar-refractivity contribution in [3.05, 3.63) is 29.3 Å². The first-order chi connectivity index (χ1) is 9.08. The molecule has 1 aromatic carbocycles. The Hall–Kier alpha value is -2.30. The van der Waals surface area contributed by atoms with E-state index in [-0.39, 0.29) is 11.7 Å². The minimum atomic E-state index is -0.0757. The SMILES string of the molecule is COc1cc(C=CCCNC(C)=O)c(C=O)cc1O. The summed E-state index contributed by atoms with van der Waals surface area (Å²) in [5.74, 6) is 0.167. The Morgan fingerprint density at radius 1 is 1.42 bits per heavy atom. The molecule has 2 N–H and O–H groups in total. The highest BCUT2D eigenvalue weighted by Crippen LogP contribution is 2.29. The summed E-state index contributed by atoms with van der Waals surface area (Å²) in [5, 5.41) is 12.2. The predicted octanol–water partition coefficient (Wildman–Crippen LogP) is 1.75. The highest BCUT2D eigenvalue weighted by molar-refractivity contribution is 5.83. The smallest absolute Gasteiger partial charge is 0.216 e. The minimum Gasteiger partial charge on any atom is -0.504 e. The lowest BCUT2D eigenvalue weighted by atomic mass is 10.1. The van der Waals surface area contributed by atoms with Crippen molar-refractivity contribution in [3.8, 4) is 11.5 Å². The molecule has 1 aromatic rings. The van der Waals surface area contributed by atoms with E-state index in [9.17, 15) is 14.7 Å². The summed E-state index contributed by atoms with van der Waals surface area (Å²) >= 11 is 0.